The van der Waals surface area contributed by atoms with Crippen LogP contribution in [0, 0.1) is 13.8 Å². The van der Waals surface area contributed by atoms with E-state index in [4.69, 9.17) is 5.73 Å². The summed E-state index contributed by atoms with van der Waals surface area (Å²) >= 11 is 0. The molecule has 0 bridgehead atoms. The van der Waals surface area contributed by atoms with Crippen molar-refractivity contribution in [1.82, 2.24) is 4.98 Å². The first kappa shape index (κ1) is 12.7. The number of hydrogen-bond donors (Lipinski definition) is 1. The zero-order valence-corrected chi connectivity index (χ0v) is 11.7. The van der Waals surface area contributed by atoms with Crippen molar-refractivity contribution in [1.29, 1.82) is 0 Å². The number of anilines is 2. The highest BCUT2D eigenvalue weighted by atomic mass is 16.2. The van der Waals surface area contributed by atoms with Crippen LogP contribution in [0.2, 0.25) is 0 Å². The molecule has 1 aliphatic rings. The van der Waals surface area contributed by atoms with Crippen LogP contribution in [0.25, 0.3) is 0 Å². The van der Waals surface area contributed by atoms with Crippen LogP contribution in [-0.2, 0) is 6.42 Å². The molecule has 1 aromatic heterocycles. The fraction of sp³-hybridized carbons (Fsp3) is 0.250. The Bertz CT molecular complexity index is 694. The van der Waals surface area contributed by atoms with Crippen LogP contribution >= 0.6 is 0 Å². The van der Waals surface area contributed by atoms with Gasteiger partial charge in [-0.3, -0.25) is 9.78 Å². The van der Waals surface area contributed by atoms with Gasteiger partial charge in [0.05, 0.1) is 11.3 Å². The van der Waals surface area contributed by atoms with Gasteiger partial charge in [0.25, 0.3) is 5.91 Å². The summed E-state index contributed by atoms with van der Waals surface area (Å²) in [7, 11) is 0. The molecule has 0 atom stereocenters. The van der Waals surface area contributed by atoms with Crippen molar-refractivity contribution in [3.8, 4) is 0 Å². The van der Waals surface area contributed by atoms with Crippen molar-refractivity contribution in [3.05, 3.63) is 52.8 Å². The summed E-state index contributed by atoms with van der Waals surface area (Å²) in [6, 6.07) is 9.44. The number of nitrogen functional groups attached to an aromatic ring is 1. The maximum Gasteiger partial charge on any atom is 0.260 e. The molecule has 0 fully saturated rings. The number of benzene rings is 1. The minimum Gasteiger partial charge on any atom is -0.399 e. The van der Waals surface area contributed by atoms with Crippen molar-refractivity contribution in [2.75, 3.05) is 17.2 Å². The summed E-state index contributed by atoms with van der Waals surface area (Å²) in [5.41, 5.74) is 11.0. The van der Waals surface area contributed by atoms with Crippen LogP contribution in [0.5, 0.6) is 0 Å². The van der Waals surface area contributed by atoms with Gasteiger partial charge in [0.2, 0.25) is 0 Å². The van der Waals surface area contributed by atoms with Crippen molar-refractivity contribution >= 4 is 17.3 Å². The number of nitrogens with zero attached hydrogens (tertiary/aromatic N) is 2. The Hall–Kier alpha value is -2.36. The summed E-state index contributed by atoms with van der Waals surface area (Å²) in [6.07, 6.45) is 0.852. The second-order valence-electron chi connectivity index (χ2n) is 5.18. The SMILES string of the molecule is Cc1ccc(C(=O)N2CCc3cc(N)ccc32)c(C)n1. The predicted molar refractivity (Wildman–Crippen MR) is 79.9 cm³/mol. The van der Waals surface area contributed by atoms with Crippen molar-refractivity contribution in [3.63, 3.8) is 0 Å². The van der Waals surface area contributed by atoms with Crippen LogP contribution in [0.1, 0.15) is 27.3 Å². The molecule has 4 nitrogen and oxygen atoms in total. The quantitative estimate of drug-likeness (QED) is 0.807. The highest BCUT2D eigenvalue weighted by Gasteiger charge is 2.26. The van der Waals surface area contributed by atoms with Crippen LogP contribution < -0.4 is 10.6 Å². The Morgan fingerprint density at radius 1 is 1.25 bits per heavy atom. The minimum atomic E-state index is 0.0125. The lowest BCUT2D eigenvalue weighted by Gasteiger charge is -2.18. The largest absolute Gasteiger partial charge is 0.399 e. The van der Waals surface area contributed by atoms with Gasteiger partial charge in [-0.15, -0.1) is 0 Å². The first-order chi connectivity index (χ1) is 9.56. The van der Waals surface area contributed by atoms with Crippen molar-refractivity contribution in [2.24, 2.45) is 0 Å². The van der Waals surface area contributed by atoms with E-state index in [-0.39, 0.29) is 5.91 Å². The van der Waals surface area contributed by atoms with E-state index < -0.39 is 0 Å². The molecule has 0 radical (unpaired) electrons. The first-order valence-corrected chi connectivity index (χ1v) is 6.71. The molecule has 1 amide bonds. The molecule has 2 N–H and O–H groups in total. The number of aryl methyl sites for hydroxylation is 2. The van der Waals surface area contributed by atoms with E-state index in [2.05, 4.69) is 4.98 Å². The Morgan fingerprint density at radius 3 is 2.80 bits per heavy atom. The molecule has 102 valence electrons. The molecule has 0 saturated heterocycles. The summed E-state index contributed by atoms with van der Waals surface area (Å²) in [5.74, 6) is 0.0125. The van der Waals surface area contributed by atoms with E-state index in [1.54, 1.807) is 0 Å². The van der Waals surface area contributed by atoms with Crippen molar-refractivity contribution in [2.45, 2.75) is 20.3 Å². The van der Waals surface area contributed by atoms with Gasteiger partial charge in [-0.2, -0.15) is 0 Å². The van der Waals surface area contributed by atoms with Gasteiger partial charge in [-0.1, -0.05) is 0 Å². The maximum absolute atomic E-state index is 12.7. The molecule has 3 rings (SSSR count). The third-order valence-corrected chi connectivity index (χ3v) is 3.70. The van der Waals surface area contributed by atoms with Gasteiger partial charge in [0.1, 0.15) is 0 Å². The van der Waals surface area contributed by atoms with E-state index in [1.807, 2.05) is 49.1 Å². The van der Waals surface area contributed by atoms with E-state index in [0.717, 1.165) is 34.7 Å². The lowest BCUT2D eigenvalue weighted by Crippen LogP contribution is -2.29. The normalized spacial score (nSPS) is 13.4. The molecule has 0 spiro atoms. The smallest absolute Gasteiger partial charge is 0.260 e. The number of rotatable bonds is 1. The number of aromatic nitrogens is 1. The fourth-order valence-electron chi connectivity index (χ4n) is 2.69. The molecule has 2 aromatic rings. The van der Waals surface area contributed by atoms with Gasteiger partial charge >= 0.3 is 0 Å². The highest BCUT2D eigenvalue weighted by Crippen LogP contribution is 2.31. The molecule has 0 unspecified atom stereocenters. The van der Waals surface area contributed by atoms with Gasteiger partial charge in [-0.05, 0) is 56.2 Å². The minimum absolute atomic E-state index is 0.0125. The number of pyridine rings is 1. The second-order valence-corrected chi connectivity index (χ2v) is 5.18. The number of nitrogens with two attached hydrogens (primary N) is 1. The van der Waals surface area contributed by atoms with Crippen LogP contribution in [-0.4, -0.2) is 17.4 Å². The molecular weight excluding hydrogens is 250 g/mol. The third-order valence-electron chi connectivity index (χ3n) is 3.70. The summed E-state index contributed by atoms with van der Waals surface area (Å²) in [6.45, 7) is 4.50. The summed E-state index contributed by atoms with van der Waals surface area (Å²) in [4.78, 5) is 18.9. The van der Waals surface area contributed by atoms with Crippen molar-refractivity contribution < 1.29 is 4.79 Å². The number of fused-ring (bicyclic) bond motifs is 1. The summed E-state index contributed by atoms with van der Waals surface area (Å²) < 4.78 is 0. The molecule has 2 heterocycles. The Balaban J connectivity index is 1.97. The Kier molecular flexibility index (Phi) is 2.93. The molecule has 1 aliphatic heterocycles. The van der Waals surface area contributed by atoms with Crippen LogP contribution in [0.15, 0.2) is 30.3 Å². The standard InChI is InChI=1S/C16H17N3O/c1-10-3-5-14(11(2)18-10)16(20)19-8-7-12-9-13(17)4-6-15(12)19/h3-6,9H,7-8,17H2,1-2H3. The van der Waals surface area contributed by atoms with E-state index in [0.29, 0.717) is 12.1 Å². The molecule has 4 heteroatoms. The summed E-state index contributed by atoms with van der Waals surface area (Å²) in [5, 5.41) is 0. The zero-order valence-electron chi connectivity index (χ0n) is 11.7. The monoisotopic (exact) mass is 267 g/mol. The van der Waals surface area contributed by atoms with E-state index in [1.165, 1.54) is 0 Å². The second kappa shape index (κ2) is 4.63. The van der Waals surface area contributed by atoms with Gasteiger partial charge in [0.15, 0.2) is 0 Å². The maximum atomic E-state index is 12.7. The fourth-order valence-corrected chi connectivity index (χ4v) is 2.69. The first-order valence-electron chi connectivity index (χ1n) is 6.71. The lowest BCUT2D eigenvalue weighted by atomic mass is 10.1. The molecule has 20 heavy (non-hydrogen) atoms. The Labute approximate surface area is 118 Å². The van der Waals surface area contributed by atoms with Crippen LogP contribution in [0.4, 0.5) is 11.4 Å². The molecular formula is C16H17N3O. The molecule has 0 aliphatic carbocycles. The van der Waals surface area contributed by atoms with Gasteiger partial charge in [0, 0.05) is 23.6 Å². The Morgan fingerprint density at radius 2 is 2.05 bits per heavy atom. The van der Waals surface area contributed by atoms with E-state index in [9.17, 15) is 4.79 Å². The third kappa shape index (κ3) is 2.03. The average molecular weight is 267 g/mol. The van der Waals surface area contributed by atoms with Gasteiger partial charge in [-0.25, -0.2) is 0 Å². The molecule has 0 saturated carbocycles. The van der Waals surface area contributed by atoms with Crippen LogP contribution in [0.3, 0.4) is 0 Å². The zero-order chi connectivity index (χ0) is 14.3. The highest BCUT2D eigenvalue weighted by molar-refractivity contribution is 6.08. The predicted octanol–water partition coefficient (Wildman–Crippen LogP) is 2.48. The lowest BCUT2D eigenvalue weighted by molar-refractivity contribution is 0.0988. The molecule has 1 aromatic carbocycles. The number of carbonyl (C=O) groups excluding carboxylic acids is 1. The number of hydrogen-bond acceptors (Lipinski definition) is 3. The number of amides is 1. The van der Waals surface area contributed by atoms with E-state index >= 15 is 0 Å². The van der Waals surface area contributed by atoms with Gasteiger partial charge < -0.3 is 10.6 Å². The average Bonchev–Trinajstić information content (AvgIpc) is 2.80. The topological polar surface area (TPSA) is 59.2 Å². The number of carbonyl (C=O) groups is 1.